The molecule has 7 nitrogen and oxygen atoms in total. The second kappa shape index (κ2) is 8.57. The first-order valence-corrected chi connectivity index (χ1v) is 10.2. The summed E-state index contributed by atoms with van der Waals surface area (Å²) < 4.78 is 0. The van der Waals surface area contributed by atoms with Crippen molar-refractivity contribution in [3.8, 4) is 0 Å². The van der Waals surface area contributed by atoms with Crippen LogP contribution in [0.2, 0.25) is 0 Å². The minimum absolute atomic E-state index is 0.170. The number of likely N-dealkylation sites (tertiary alicyclic amines) is 1. The molecule has 0 aliphatic carbocycles. The molecule has 30 heavy (non-hydrogen) atoms. The van der Waals surface area contributed by atoms with Crippen LogP contribution in [0.5, 0.6) is 0 Å². The van der Waals surface area contributed by atoms with E-state index in [9.17, 15) is 9.59 Å². The first kappa shape index (κ1) is 19.9. The number of para-hydroxylation sites is 1. The highest BCUT2D eigenvalue weighted by atomic mass is 16.7. The smallest absolute Gasteiger partial charge is 0.321 e. The molecule has 0 bridgehead atoms. The van der Waals surface area contributed by atoms with Gasteiger partial charge in [-0.3, -0.25) is 4.79 Å². The van der Waals surface area contributed by atoms with Crippen LogP contribution >= 0.6 is 0 Å². The number of carbonyl (C=O) groups excluding carboxylic acids is 2. The Labute approximate surface area is 176 Å². The maximum Gasteiger partial charge on any atom is 0.321 e. The number of oxime groups is 1. The van der Waals surface area contributed by atoms with Gasteiger partial charge in [-0.2, -0.15) is 0 Å². The van der Waals surface area contributed by atoms with Gasteiger partial charge in [-0.15, -0.1) is 0 Å². The maximum absolute atomic E-state index is 12.6. The number of amides is 3. The van der Waals surface area contributed by atoms with Gasteiger partial charge >= 0.3 is 6.03 Å². The zero-order valence-corrected chi connectivity index (χ0v) is 17.0. The molecule has 4 rings (SSSR count). The second-order valence-electron chi connectivity index (χ2n) is 7.98. The lowest BCUT2D eigenvalue weighted by Gasteiger charge is -2.22. The van der Waals surface area contributed by atoms with Crippen LogP contribution in [0.1, 0.15) is 31.2 Å². The standard InChI is InChI=1S/C23H26N4O3/c1-17(18-8-4-2-5-9-18)15-24-21(28)20-14-23(30-26-20)12-13-27(16-23)22(29)25-19-10-6-3-7-11-19/h2-11,17H,12-16H2,1H3,(H,24,28)(H,25,29)/t17-,23-/m0/s1. The van der Waals surface area contributed by atoms with Gasteiger partial charge < -0.3 is 20.4 Å². The van der Waals surface area contributed by atoms with Gasteiger partial charge in [-0.1, -0.05) is 60.6 Å². The Morgan fingerprint density at radius 2 is 1.83 bits per heavy atom. The van der Waals surface area contributed by atoms with Gasteiger partial charge in [0.25, 0.3) is 5.91 Å². The highest BCUT2D eigenvalue weighted by molar-refractivity contribution is 6.39. The third-order valence-electron chi connectivity index (χ3n) is 5.67. The number of hydrogen-bond donors (Lipinski definition) is 2. The number of benzene rings is 2. The molecule has 0 unspecified atom stereocenters. The molecule has 0 radical (unpaired) electrons. The average molecular weight is 406 g/mol. The SMILES string of the molecule is C[C@@H](CNC(=O)C1=NO[C@@]2(CCN(C(=O)Nc3ccccc3)C2)C1)c1ccccc1. The third-order valence-corrected chi connectivity index (χ3v) is 5.67. The number of hydrogen-bond acceptors (Lipinski definition) is 4. The lowest BCUT2D eigenvalue weighted by atomic mass is 9.96. The van der Waals surface area contributed by atoms with E-state index in [2.05, 4.69) is 34.8 Å². The molecular formula is C23H26N4O3. The molecule has 1 saturated heterocycles. The number of anilines is 1. The molecule has 2 heterocycles. The number of nitrogens with one attached hydrogen (secondary N) is 2. The zero-order chi connectivity index (χ0) is 21.0. The Balaban J connectivity index is 1.27. The van der Waals surface area contributed by atoms with Crippen molar-refractivity contribution in [3.05, 3.63) is 66.2 Å². The van der Waals surface area contributed by atoms with E-state index >= 15 is 0 Å². The Hall–Kier alpha value is -3.35. The fraction of sp³-hybridized carbons (Fsp3) is 0.348. The lowest BCUT2D eigenvalue weighted by Crippen LogP contribution is -2.40. The van der Waals surface area contributed by atoms with E-state index in [4.69, 9.17) is 4.84 Å². The molecule has 1 spiro atoms. The van der Waals surface area contributed by atoms with Crippen LogP contribution in [-0.2, 0) is 9.63 Å². The van der Waals surface area contributed by atoms with Gasteiger partial charge in [0.15, 0.2) is 5.60 Å². The highest BCUT2D eigenvalue weighted by Gasteiger charge is 2.48. The molecule has 3 amide bonds. The van der Waals surface area contributed by atoms with E-state index in [0.29, 0.717) is 38.2 Å². The Morgan fingerprint density at radius 3 is 2.57 bits per heavy atom. The van der Waals surface area contributed by atoms with Crippen molar-refractivity contribution < 1.29 is 14.4 Å². The molecule has 2 aromatic carbocycles. The minimum atomic E-state index is -0.605. The first-order valence-electron chi connectivity index (χ1n) is 10.2. The van der Waals surface area contributed by atoms with Crippen molar-refractivity contribution in [3.63, 3.8) is 0 Å². The third kappa shape index (κ3) is 4.45. The molecule has 2 atom stereocenters. The van der Waals surface area contributed by atoms with Crippen molar-refractivity contribution in [1.29, 1.82) is 0 Å². The average Bonchev–Trinajstić information content (AvgIpc) is 3.40. The van der Waals surface area contributed by atoms with E-state index in [1.807, 2.05) is 48.5 Å². The van der Waals surface area contributed by atoms with Gasteiger partial charge in [-0.05, 0) is 23.6 Å². The summed E-state index contributed by atoms with van der Waals surface area (Å²) in [6.07, 6.45) is 1.06. The van der Waals surface area contributed by atoms with Crippen LogP contribution in [0.25, 0.3) is 0 Å². The summed E-state index contributed by atoms with van der Waals surface area (Å²) in [5.74, 6) is -0.00229. The minimum Gasteiger partial charge on any atom is -0.386 e. The first-order chi connectivity index (χ1) is 14.5. The van der Waals surface area contributed by atoms with Crippen LogP contribution in [-0.4, -0.2) is 47.8 Å². The summed E-state index contributed by atoms with van der Waals surface area (Å²) in [5.41, 5.74) is 1.71. The van der Waals surface area contributed by atoms with Crippen LogP contribution in [0.4, 0.5) is 10.5 Å². The van der Waals surface area contributed by atoms with Crippen molar-refractivity contribution >= 4 is 23.3 Å². The van der Waals surface area contributed by atoms with Crippen molar-refractivity contribution in [2.24, 2.45) is 5.16 Å². The molecular weight excluding hydrogens is 380 g/mol. The van der Waals surface area contributed by atoms with Crippen LogP contribution in [0, 0.1) is 0 Å². The molecule has 1 fully saturated rings. The summed E-state index contributed by atoms with van der Waals surface area (Å²) in [7, 11) is 0. The van der Waals surface area contributed by atoms with Crippen molar-refractivity contribution in [2.45, 2.75) is 31.3 Å². The van der Waals surface area contributed by atoms with Gasteiger partial charge in [0.05, 0.1) is 6.54 Å². The molecule has 0 aromatic heterocycles. The highest BCUT2D eigenvalue weighted by Crippen LogP contribution is 2.34. The fourth-order valence-electron chi connectivity index (χ4n) is 3.85. The summed E-state index contributed by atoms with van der Waals surface area (Å²) in [4.78, 5) is 32.5. The molecule has 2 aromatic rings. The van der Waals surface area contributed by atoms with Gasteiger partial charge in [0.2, 0.25) is 0 Å². The largest absolute Gasteiger partial charge is 0.386 e. The molecule has 156 valence electrons. The number of carbonyl (C=O) groups is 2. The maximum atomic E-state index is 12.6. The molecule has 2 aliphatic heterocycles. The van der Waals surface area contributed by atoms with E-state index in [1.165, 1.54) is 5.56 Å². The second-order valence-corrected chi connectivity index (χ2v) is 7.98. The number of rotatable bonds is 5. The number of nitrogens with zero attached hydrogens (tertiary/aromatic N) is 2. The Kier molecular flexibility index (Phi) is 5.70. The van der Waals surface area contributed by atoms with Crippen molar-refractivity contribution in [2.75, 3.05) is 25.0 Å². The van der Waals surface area contributed by atoms with Crippen LogP contribution < -0.4 is 10.6 Å². The zero-order valence-electron chi connectivity index (χ0n) is 17.0. The predicted molar refractivity (Wildman–Crippen MR) is 115 cm³/mol. The van der Waals surface area contributed by atoms with Gasteiger partial charge in [0, 0.05) is 31.6 Å². The molecule has 2 N–H and O–H groups in total. The molecule has 2 aliphatic rings. The molecule has 7 heteroatoms. The van der Waals surface area contributed by atoms with Crippen molar-refractivity contribution in [1.82, 2.24) is 10.2 Å². The lowest BCUT2D eigenvalue weighted by molar-refractivity contribution is -0.115. The van der Waals surface area contributed by atoms with E-state index in [0.717, 1.165) is 5.69 Å². The quantitative estimate of drug-likeness (QED) is 0.799. The Bertz CT molecular complexity index is 932. The van der Waals surface area contributed by atoms with Crippen LogP contribution in [0.3, 0.4) is 0 Å². The van der Waals surface area contributed by atoms with E-state index in [-0.39, 0.29) is 17.9 Å². The van der Waals surface area contributed by atoms with Gasteiger partial charge in [0.1, 0.15) is 5.71 Å². The fourth-order valence-corrected chi connectivity index (χ4v) is 3.85. The summed E-state index contributed by atoms with van der Waals surface area (Å²) in [6.45, 7) is 3.57. The summed E-state index contributed by atoms with van der Waals surface area (Å²) >= 11 is 0. The summed E-state index contributed by atoms with van der Waals surface area (Å²) in [5, 5.41) is 9.89. The number of urea groups is 1. The van der Waals surface area contributed by atoms with E-state index in [1.54, 1.807) is 4.90 Å². The Morgan fingerprint density at radius 1 is 1.13 bits per heavy atom. The normalized spacial score (nSPS) is 21.1. The predicted octanol–water partition coefficient (Wildman–Crippen LogP) is 3.36. The molecule has 0 saturated carbocycles. The topological polar surface area (TPSA) is 83.0 Å². The van der Waals surface area contributed by atoms with E-state index < -0.39 is 5.60 Å². The summed E-state index contributed by atoms with van der Waals surface area (Å²) in [6, 6.07) is 19.2. The van der Waals surface area contributed by atoms with Crippen LogP contribution in [0.15, 0.2) is 65.8 Å². The van der Waals surface area contributed by atoms with Gasteiger partial charge in [-0.25, -0.2) is 4.79 Å². The monoisotopic (exact) mass is 406 g/mol.